The van der Waals surface area contributed by atoms with Crippen LogP contribution < -0.4 is 15.4 Å². The van der Waals surface area contributed by atoms with E-state index in [9.17, 15) is 19.7 Å². The molecule has 0 saturated heterocycles. The summed E-state index contributed by atoms with van der Waals surface area (Å²) in [6.07, 6.45) is 0. The maximum Gasteiger partial charge on any atom is 0.283 e. The highest BCUT2D eigenvalue weighted by molar-refractivity contribution is 6.31. The molecule has 0 bridgehead atoms. The lowest BCUT2D eigenvalue weighted by Gasteiger charge is -2.09. The number of benzene rings is 2. The first-order valence-electron chi connectivity index (χ1n) is 7.59. The van der Waals surface area contributed by atoms with Crippen molar-refractivity contribution in [3.05, 3.63) is 63.2 Å². The van der Waals surface area contributed by atoms with Gasteiger partial charge in [0, 0.05) is 29.8 Å². The fourth-order valence-electron chi connectivity index (χ4n) is 2.14. The minimum absolute atomic E-state index is 0.0768. The molecule has 26 heavy (non-hydrogen) atoms. The second-order valence-electron chi connectivity index (χ2n) is 5.23. The number of carbonyl (C=O) groups excluding carboxylic acids is 2. The van der Waals surface area contributed by atoms with Crippen LogP contribution in [-0.4, -0.2) is 29.9 Å². The van der Waals surface area contributed by atoms with Crippen LogP contribution in [0.25, 0.3) is 0 Å². The fraction of sp³-hybridized carbons (Fsp3) is 0.176. The Morgan fingerprint density at radius 1 is 1.23 bits per heavy atom. The fourth-order valence-corrected chi connectivity index (χ4v) is 2.31. The quantitative estimate of drug-likeness (QED) is 0.437. The molecule has 0 unspecified atom stereocenters. The van der Waals surface area contributed by atoms with Gasteiger partial charge in [-0.05, 0) is 24.3 Å². The molecule has 2 rings (SSSR count). The first kappa shape index (κ1) is 19.2. The molecule has 2 N–H and O–H groups in total. The lowest BCUT2D eigenvalue weighted by molar-refractivity contribution is -0.385. The smallest absolute Gasteiger partial charge is 0.283 e. The number of halogens is 1. The van der Waals surface area contributed by atoms with Crippen LogP contribution in [0.2, 0.25) is 5.02 Å². The van der Waals surface area contributed by atoms with Crippen molar-refractivity contribution in [1.29, 1.82) is 0 Å². The molecule has 0 heterocycles. The summed E-state index contributed by atoms with van der Waals surface area (Å²) in [5.74, 6) is -0.272. The van der Waals surface area contributed by atoms with E-state index >= 15 is 0 Å². The van der Waals surface area contributed by atoms with Crippen LogP contribution >= 0.6 is 11.6 Å². The van der Waals surface area contributed by atoms with E-state index in [4.69, 9.17) is 16.3 Å². The molecule has 0 aliphatic rings. The molecule has 9 heteroatoms. The standard InChI is InChI=1S/C17H16ClN3O5/c1-11(22)20-13-3-2-4-14(10-13)26-8-7-19-17(23)15-6-5-12(18)9-16(15)21(24)25/h2-6,9-10H,7-8H2,1H3,(H,19,23)(H,20,22). The summed E-state index contributed by atoms with van der Waals surface area (Å²) in [6.45, 7) is 1.69. The molecular weight excluding hydrogens is 362 g/mol. The van der Waals surface area contributed by atoms with Crippen LogP contribution in [0.5, 0.6) is 5.75 Å². The molecule has 2 aromatic carbocycles. The highest BCUT2D eigenvalue weighted by atomic mass is 35.5. The summed E-state index contributed by atoms with van der Waals surface area (Å²) in [7, 11) is 0. The summed E-state index contributed by atoms with van der Waals surface area (Å²) in [6, 6.07) is 10.6. The second-order valence-corrected chi connectivity index (χ2v) is 5.67. The first-order valence-corrected chi connectivity index (χ1v) is 7.97. The van der Waals surface area contributed by atoms with Crippen molar-refractivity contribution < 1.29 is 19.2 Å². The molecule has 2 aromatic rings. The van der Waals surface area contributed by atoms with Gasteiger partial charge in [0.05, 0.1) is 11.5 Å². The Kier molecular flexibility index (Phi) is 6.51. The number of nitrogens with one attached hydrogen (secondary N) is 2. The lowest BCUT2D eigenvalue weighted by Crippen LogP contribution is -2.28. The van der Waals surface area contributed by atoms with Gasteiger partial charge in [-0.3, -0.25) is 19.7 Å². The predicted octanol–water partition coefficient (Wildman–Crippen LogP) is 3.02. The summed E-state index contributed by atoms with van der Waals surface area (Å²) in [4.78, 5) is 33.5. The van der Waals surface area contributed by atoms with Crippen molar-refractivity contribution in [2.24, 2.45) is 0 Å². The Morgan fingerprint density at radius 2 is 2.00 bits per heavy atom. The number of hydrogen-bond donors (Lipinski definition) is 2. The van der Waals surface area contributed by atoms with E-state index < -0.39 is 10.8 Å². The van der Waals surface area contributed by atoms with E-state index in [1.54, 1.807) is 24.3 Å². The Bertz CT molecular complexity index is 841. The van der Waals surface area contributed by atoms with E-state index in [1.807, 2.05) is 0 Å². The Hall–Kier alpha value is -3.13. The van der Waals surface area contributed by atoms with Crippen molar-refractivity contribution in [1.82, 2.24) is 5.32 Å². The Balaban J connectivity index is 1.90. The van der Waals surface area contributed by atoms with Crippen LogP contribution in [0.1, 0.15) is 17.3 Å². The number of carbonyl (C=O) groups is 2. The number of anilines is 1. The number of amides is 2. The van der Waals surface area contributed by atoms with Gasteiger partial charge < -0.3 is 15.4 Å². The number of nitro benzene ring substituents is 1. The molecule has 0 saturated carbocycles. The second kappa shape index (κ2) is 8.82. The molecule has 8 nitrogen and oxygen atoms in total. The van der Waals surface area contributed by atoms with Gasteiger partial charge in [0.2, 0.25) is 5.91 Å². The summed E-state index contributed by atoms with van der Waals surface area (Å²) < 4.78 is 5.49. The summed E-state index contributed by atoms with van der Waals surface area (Å²) in [5.41, 5.74) is 0.154. The van der Waals surface area contributed by atoms with E-state index in [1.165, 1.54) is 19.1 Å². The third-order valence-electron chi connectivity index (χ3n) is 3.21. The predicted molar refractivity (Wildman–Crippen MR) is 96.7 cm³/mol. The van der Waals surface area contributed by atoms with Crippen molar-refractivity contribution in [3.8, 4) is 5.75 Å². The highest BCUT2D eigenvalue weighted by Crippen LogP contribution is 2.23. The van der Waals surface area contributed by atoms with Gasteiger partial charge in [0.25, 0.3) is 11.6 Å². The van der Waals surface area contributed by atoms with Crippen molar-refractivity contribution in [2.75, 3.05) is 18.5 Å². The molecule has 0 aliphatic carbocycles. The largest absolute Gasteiger partial charge is 0.492 e. The van der Waals surface area contributed by atoms with Gasteiger partial charge in [-0.15, -0.1) is 0 Å². The Morgan fingerprint density at radius 3 is 2.69 bits per heavy atom. The summed E-state index contributed by atoms with van der Waals surface area (Å²) in [5, 5.41) is 16.4. The molecule has 0 aromatic heterocycles. The Labute approximate surface area is 154 Å². The number of hydrogen-bond acceptors (Lipinski definition) is 5. The van der Waals surface area contributed by atoms with Crippen molar-refractivity contribution in [3.63, 3.8) is 0 Å². The van der Waals surface area contributed by atoms with Gasteiger partial charge in [-0.1, -0.05) is 17.7 Å². The molecule has 0 spiro atoms. The topological polar surface area (TPSA) is 111 Å². The zero-order valence-electron chi connectivity index (χ0n) is 13.8. The van der Waals surface area contributed by atoms with Crippen molar-refractivity contribution >= 4 is 34.8 Å². The van der Waals surface area contributed by atoms with Crippen molar-refractivity contribution in [2.45, 2.75) is 6.92 Å². The first-order chi connectivity index (χ1) is 12.4. The molecule has 2 amide bonds. The zero-order chi connectivity index (χ0) is 19.1. The normalized spacial score (nSPS) is 10.1. The molecule has 0 atom stereocenters. The van der Waals surface area contributed by atoms with Crippen LogP contribution in [0, 0.1) is 10.1 Å². The molecule has 0 fully saturated rings. The van der Waals surface area contributed by atoms with Gasteiger partial charge in [0.1, 0.15) is 17.9 Å². The van der Waals surface area contributed by atoms with E-state index in [0.29, 0.717) is 11.4 Å². The lowest BCUT2D eigenvalue weighted by atomic mass is 10.1. The number of rotatable bonds is 7. The average molecular weight is 378 g/mol. The molecule has 136 valence electrons. The van der Waals surface area contributed by atoms with Gasteiger partial charge >= 0.3 is 0 Å². The third kappa shape index (κ3) is 5.45. The zero-order valence-corrected chi connectivity index (χ0v) is 14.6. The maximum atomic E-state index is 12.1. The van der Waals surface area contributed by atoms with E-state index in [-0.39, 0.29) is 35.3 Å². The average Bonchev–Trinajstić information content (AvgIpc) is 2.58. The number of nitro groups is 1. The van der Waals surface area contributed by atoms with Crippen LogP contribution in [-0.2, 0) is 4.79 Å². The third-order valence-corrected chi connectivity index (χ3v) is 3.45. The van der Waals surface area contributed by atoms with Crippen LogP contribution in [0.4, 0.5) is 11.4 Å². The molecule has 0 aliphatic heterocycles. The molecule has 0 radical (unpaired) electrons. The van der Waals surface area contributed by atoms with Gasteiger partial charge in [0.15, 0.2) is 0 Å². The van der Waals surface area contributed by atoms with E-state index in [2.05, 4.69) is 10.6 Å². The van der Waals surface area contributed by atoms with Crippen LogP contribution in [0.3, 0.4) is 0 Å². The molecular formula is C17H16ClN3O5. The summed E-state index contributed by atoms with van der Waals surface area (Å²) >= 11 is 5.72. The SMILES string of the molecule is CC(=O)Nc1cccc(OCCNC(=O)c2ccc(Cl)cc2[N+](=O)[O-])c1. The van der Waals surface area contributed by atoms with E-state index in [0.717, 1.165) is 6.07 Å². The van der Waals surface area contributed by atoms with Crippen LogP contribution in [0.15, 0.2) is 42.5 Å². The maximum absolute atomic E-state index is 12.1. The number of ether oxygens (including phenoxy) is 1. The van der Waals surface area contributed by atoms with Gasteiger partial charge in [-0.25, -0.2) is 0 Å². The minimum atomic E-state index is -0.662. The minimum Gasteiger partial charge on any atom is -0.492 e. The monoisotopic (exact) mass is 377 g/mol. The number of nitrogens with zero attached hydrogens (tertiary/aromatic N) is 1. The highest BCUT2D eigenvalue weighted by Gasteiger charge is 2.20. The van der Waals surface area contributed by atoms with Gasteiger partial charge in [-0.2, -0.15) is 0 Å².